The molecule has 0 aliphatic carbocycles. The molecule has 1 atom stereocenters. The molecule has 23 heavy (non-hydrogen) atoms. The predicted molar refractivity (Wildman–Crippen MR) is 90.9 cm³/mol. The quantitative estimate of drug-likeness (QED) is 0.871. The first-order valence-corrected chi connectivity index (χ1v) is 8.29. The number of aliphatic carboxylic acids is 1. The van der Waals surface area contributed by atoms with Crippen LogP contribution in [0.5, 0.6) is 0 Å². The van der Waals surface area contributed by atoms with E-state index >= 15 is 0 Å². The van der Waals surface area contributed by atoms with Gasteiger partial charge in [-0.2, -0.15) is 0 Å². The lowest BCUT2D eigenvalue weighted by molar-refractivity contribution is -0.137. The summed E-state index contributed by atoms with van der Waals surface area (Å²) in [7, 11) is 0. The van der Waals surface area contributed by atoms with Gasteiger partial charge >= 0.3 is 12.1 Å². The average molecular weight is 335 g/mol. The second-order valence-electron chi connectivity index (χ2n) is 6.40. The lowest BCUT2D eigenvalue weighted by atomic mass is 10.0. The molecule has 2 rings (SSSR count). The fraction of sp³-hybridized carbons (Fsp3) is 0.412. The zero-order chi connectivity index (χ0) is 17.0. The van der Waals surface area contributed by atoms with Crippen LogP contribution in [-0.4, -0.2) is 28.8 Å². The van der Waals surface area contributed by atoms with E-state index in [9.17, 15) is 9.59 Å². The first-order valence-electron chi connectivity index (χ1n) is 7.41. The van der Waals surface area contributed by atoms with Crippen molar-refractivity contribution < 1.29 is 19.4 Å². The summed E-state index contributed by atoms with van der Waals surface area (Å²) in [6, 6.07) is 7.44. The van der Waals surface area contributed by atoms with Crippen molar-refractivity contribution in [3.05, 3.63) is 35.2 Å². The fourth-order valence-electron chi connectivity index (χ4n) is 2.32. The molecule has 2 N–H and O–H groups in total. The van der Waals surface area contributed by atoms with E-state index in [1.165, 1.54) is 0 Å². The molecule has 1 heterocycles. The van der Waals surface area contributed by atoms with Crippen molar-refractivity contribution in [3.63, 3.8) is 0 Å². The summed E-state index contributed by atoms with van der Waals surface area (Å²) in [5.41, 5.74) is 0.417. The SMILES string of the molecule is CC(C)(C)OC(=O)N[C@@H](CC(=O)O)Cc1csc2ccccc12. The van der Waals surface area contributed by atoms with Gasteiger partial charge in [0.25, 0.3) is 0 Å². The molecule has 0 bridgehead atoms. The first kappa shape index (κ1) is 17.3. The Kier molecular flexibility index (Phi) is 5.26. The monoisotopic (exact) mass is 335 g/mol. The van der Waals surface area contributed by atoms with Crippen molar-refractivity contribution in [1.29, 1.82) is 0 Å². The van der Waals surface area contributed by atoms with Gasteiger partial charge in [-0.3, -0.25) is 4.79 Å². The van der Waals surface area contributed by atoms with Crippen LogP contribution < -0.4 is 5.32 Å². The highest BCUT2D eigenvalue weighted by Crippen LogP contribution is 2.27. The summed E-state index contributed by atoms with van der Waals surface area (Å²) in [6.45, 7) is 5.31. The standard InChI is InChI=1S/C17H21NO4S/c1-17(2,3)22-16(21)18-12(9-15(19)20)8-11-10-23-14-7-5-4-6-13(11)14/h4-7,10,12H,8-9H2,1-3H3,(H,18,21)(H,19,20)/t12-/m1/s1. The number of fused-ring (bicyclic) bond motifs is 1. The summed E-state index contributed by atoms with van der Waals surface area (Å²) in [5.74, 6) is -0.953. The van der Waals surface area contributed by atoms with Gasteiger partial charge in [0, 0.05) is 10.7 Å². The topological polar surface area (TPSA) is 75.6 Å². The molecular formula is C17H21NO4S. The van der Waals surface area contributed by atoms with E-state index in [0.29, 0.717) is 6.42 Å². The summed E-state index contributed by atoms with van der Waals surface area (Å²) in [6.07, 6.45) is -0.290. The number of thiophene rings is 1. The van der Waals surface area contributed by atoms with Gasteiger partial charge in [0.2, 0.25) is 0 Å². The van der Waals surface area contributed by atoms with Crippen molar-refractivity contribution in [2.24, 2.45) is 0 Å². The lowest BCUT2D eigenvalue weighted by Crippen LogP contribution is -2.41. The molecule has 1 aromatic carbocycles. The molecular weight excluding hydrogens is 314 g/mol. The number of hydrogen-bond donors (Lipinski definition) is 2. The predicted octanol–water partition coefficient (Wildman–Crippen LogP) is 3.81. The summed E-state index contributed by atoms with van der Waals surface area (Å²) < 4.78 is 6.36. The summed E-state index contributed by atoms with van der Waals surface area (Å²) in [5, 5.41) is 14.9. The molecule has 124 valence electrons. The summed E-state index contributed by atoms with van der Waals surface area (Å²) in [4.78, 5) is 23.0. The number of hydrogen-bond acceptors (Lipinski definition) is 4. The molecule has 0 fully saturated rings. The van der Waals surface area contributed by atoms with E-state index in [0.717, 1.165) is 15.6 Å². The van der Waals surface area contributed by atoms with Crippen LogP contribution in [0.2, 0.25) is 0 Å². The Labute approximate surface area is 139 Å². The van der Waals surface area contributed by atoms with Gasteiger partial charge in [0.1, 0.15) is 5.60 Å². The van der Waals surface area contributed by atoms with Crippen LogP contribution in [-0.2, 0) is 16.0 Å². The van der Waals surface area contributed by atoms with Crippen molar-refractivity contribution in [1.82, 2.24) is 5.32 Å². The van der Waals surface area contributed by atoms with Crippen molar-refractivity contribution >= 4 is 33.5 Å². The number of carboxylic acids is 1. The molecule has 6 heteroatoms. The minimum Gasteiger partial charge on any atom is -0.481 e. The van der Waals surface area contributed by atoms with Gasteiger partial charge in [0.15, 0.2) is 0 Å². The first-order chi connectivity index (χ1) is 10.7. The molecule has 2 aromatic rings. The second-order valence-corrected chi connectivity index (χ2v) is 7.31. The molecule has 1 aromatic heterocycles. The van der Waals surface area contributed by atoms with E-state index in [2.05, 4.69) is 5.32 Å². The minimum atomic E-state index is -0.953. The number of alkyl carbamates (subject to hydrolysis) is 1. The molecule has 5 nitrogen and oxygen atoms in total. The Bertz CT molecular complexity index is 702. The maximum Gasteiger partial charge on any atom is 0.407 e. The van der Waals surface area contributed by atoms with Crippen molar-refractivity contribution in [2.75, 3.05) is 0 Å². The zero-order valence-corrected chi connectivity index (χ0v) is 14.3. The Hall–Kier alpha value is -2.08. The van der Waals surface area contributed by atoms with E-state index < -0.39 is 23.7 Å². The van der Waals surface area contributed by atoms with Crippen LogP contribution in [0.4, 0.5) is 4.79 Å². The maximum atomic E-state index is 11.9. The molecule has 1 amide bonds. The number of carbonyl (C=O) groups excluding carboxylic acids is 1. The maximum absolute atomic E-state index is 11.9. The molecule has 0 spiro atoms. The van der Waals surface area contributed by atoms with Gasteiger partial charge in [-0.25, -0.2) is 4.79 Å². The van der Waals surface area contributed by atoms with Gasteiger partial charge in [-0.05, 0) is 49.6 Å². The van der Waals surface area contributed by atoms with Gasteiger partial charge in [-0.15, -0.1) is 11.3 Å². The van der Waals surface area contributed by atoms with E-state index in [4.69, 9.17) is 9.84 Å². The van der Waals surface area contributed by atoms with Crippen molar-refractivity contribution in [2.45, 2.75) is 45.3 Å². The zero-order valence-electron chi connectivity index (χ0n) is 13.5. The third-order valence-corrected chi connectivity index (χ3v) is 4.18. The van der Waals surface area contributed by atoms with Crippen LogP contribution >= 0.6 is 11.3 Å². The van der Waals surface area contributed by atoms with Crippen LogP contribution in [0.15, 0.2) is 29.6 Å². The number of ether oxygens (including phenoxy) is 1. The van der Waals surface area contributed by atoms with Gasteiger partial charge in [-0.1, -0.05) is 18.2 Å². The largest absolute Gasteiger partial charge is 0.481 e. The Morgan fingerprint density at radius 2 is 2.00 bits per heavy atom. The van der Waals surface area contributed by atoms with E-state index in [1.807, 2.05) is 29.6 Å². The third kappa shape index (κ3) is 5.25. The molecule has 0 aliphatic rings. The van der Waals surface area contributed by atoms with Gasteiger partial charge in [0.05, 0.1) is 6.42 Å². The number of carbonyl (C=O) groups is 2. The molecule has 0 aliphatic heterocycles. The smallest absolute Gasteiger partial charge is 0.407 e. The van der Waals surface area contributed by atoms with Crippen LogP contribution in [0.1, 0.15) is 32.8 Å². The number of carboxylic acid groups (broad SMARTS) is 1. The number of amides is 1. The molecule has 0 unspecified atom stereocenters. The fourth-order valence-corrected chi connectivity index (χ4v) is 3.29. The highest BCUT2D eigenvalue weighted by Gasteiger charge is 2.22. The molecule has 0 saturated heterocycles. The number of benzene rings is 1. The Morgan fingerprint density at radius 1 is 1.30 bits per heavy atom. The highest BCUT2D eigenvalue weighted by molar-refractivity contribution is 7.17. The van der Waals surface area contributed by atoms with Gasteiger partial charge < -0.3 is 15.2 Å². The highest BCUT2D eigenvalue weighted by atomic mass is 32.1. The van der Waals surface area contributed by atoms with Crippen LogP contribution in [0.3, 0.4) is 0 Å². The Balaban J connectivity index is 2.12. The van der Waals surface area contributed by atoms with Crippen molar-refractivity contribution in [3.8, 4) is 0 Å². The molecule has 0 saturated carbocycles. The van der Waals surface area contributed by atoms with Crippen LogP contribution in [0.25, 0.3) is 10.1 Å². The Morgan fingerprint density at radius 3 is 2.65 bits per heavy atom. The van der Waals surface area contributed by atoms with E-state index in [-0.39, 0.29) is 6.42 Å². The molecule has 0 radical (unpaired) electrons. The van der Waals surface area contributed by atoms with E-state index in [1.54, 1.807) is 32.1 Å². The lowest BCUT2D eigenvalue weighted by Gasteiger charge is -2.23. The third-order valence-electron chi connectivity index (χ3n) is 3.17. The number of rotatable bonds is 5. The second kappa shape index (κ2) is 7.00. The average Bonchev–Trinajstić information content (AvgIpc) is 2.79. The summed E-state index contributed by atoms with van der Waals surface area (Å²) >= 11 is 1.61. The minimum absolute atomic E-state index is 0.149. The normalized spacial score (nSPS) is 12.8. The van der Waals surface area contributed by atoms with Crippen LogP contribution in [0, 0.1) is 0 Å². The number of nitrogens with one attached hydrogen (secondary N) is 1.